The first-order valence-electron chi connectivity index (χ1n) is 9.77. The van der Waals surface area contributed by atoms with Gasteiger partial charge in [0.25, 0.3) is 0 Å². The van der Waals surface area contributed by atoms with E-state index in [4.69, 9.17) is 0 Å². The Hall–Kier alpha value is -2.88. The number of allylic oxidation sites excluding steroid dienone is 1. The zero-order chi connectivity index (χ0) is 18.1. The van der Waals surface area contributed by atoms with E-state index in [-0.39, 0.29) is 35.6 Å². The van der Waals surface area contributed by atoms with Gasteiger partial charge in [-0.15, -0.1) is 0 Å². The largest absolute Gasteiger partial charge is 0.377 e. The van der Waals surface area contributed by atoms with E-state index in [1.165, 1.54) is 21.6 Å². The first-order valence-corrected chi connectivity index (χ1v) is 9.77. The number of hydrogen-bond donors (Lipinski definition) is 1. The smallest absolute Gasteiger partial charge is 0.240 e. The maximum Gasteiger partial charge on any atom is 0.240 e. The van der Waals surface area contributed by atoms with Crippen LogP contribution in [-0.2, 0) is 9.59 Å². The van der Waals surface area contributed by atoms with Crippen LogP contribution in [0.15, 0.2) is 60.2 Å². The third kappa shape index (κ3) is 1.88. The van der Waals surface area contributed by atoms with Crippen molar-refractivity contribution in [3.8, 4) is 0 Å². The van der Waals surface area contributed by atoms with Crippen molar-refractivity contribution in [3.05, 3.63) is 65.7 Å². The van der Waals surface area contributed by atoms with Gasteiger partial charge >= 0.3 is 0 Å². The molecule has 0 bridgehead atoms. The highest BCUT2D eigenvalue weighted by atomic mass is 16.2. The molecule has 2 heterocycles. The molecule has 2 fully saturated rings. The molecule has 1 unspecified atom stereocenters. The average molecular weight is 356 g/mol. The maximum atomic E-state index is 13.5. The van der Waals surface area contributed by atoms with Crippen LogP contribution in [-0.4, -0.2) is 17.9 Å². The normalized spacial score (nSPS) is 30.7. The molecule has 6 rings (SSSR count). The summed E-state index contributed by atoms with van der Waals surface area (Å²) in [5.41, 5.74) is 5.72. The van der Waals surface area contributed by atoms with Gasteiger partial charge in [0.05, 0.1) is 23.6 Å². The van der Waals surface area contributed by atoms with Crippen LogP contribution in [0, 0.1) is 17.8 Å². The van der Waals surface area contributed by atoms with Crippen molar-refractivity contribution in [1.82, 2.24) is 0 Å². The van der Waals surface area contributed by atoms with Crippen molar-refractivity contribution in [1.29, 1.82) is 0 Å². The van der Waals surface area contributed by atoms with E-state index in [9.17, 15) is 9.59 Å². The highest BCUT2D eigenvalue weighted by molar-refractivity contribution is 6.23. The van der Waals surface area contributed by atoms with Crippen molar-refractivity contribution >= 4 is 28.8 Å². The Morgan fingerprint density at radius 1 is 0.889 bits per heavy atom. The molecule has 0 radical (unpaired) electrons. The number of para-hydroxylation sites is 2. The van der Waals surface area contributed by atoms with Gasteiger partial charge in [0.2, 0.25) is 11.8 Å². The van der Waals surface area contributed by atoms with Crippen molar-refractivity contribution in [2.45, 2.75) is 25.3 Å². The summed E-state index contributed by atoms with van der Waals surface area (Å²) in [5, 5.41) is 3.59. The minimum atomic E-state index is -0.313. The minimum absolute atomic E-state index is 0.0163. The molecule has 0 spiro atoms. The molecule has 1 saturated carbocycles. The summed E-state index contributed by atoms with van der Waals surface area (Å²) in [6.45, 7) is 0. The quantitative estimate of drug-likeness (QED) is 0.790. The SMILES string of the molecule is O=C1[C@@H]2[C@@H]3CCCC3=C3c4ccccc4NC3[C@@H]2C(=O)N1c1ccccc1. The zero-order valence-electron chi connectivity index (χ0n) is 14.9. The van der Waals surface area contributed by atoms with E-state index in [2.05, 4.69) is 23.5 Å². The van der Waals surface area contributed by atoms with E-state index in [1.807, 2.05) is 36.4 Å². The topological polar surface area (TPSA) is 49.4 Å². The second kappa shape index (κ2) is 5.32. The van der Waals surface area contributed by atoms with E-state index in [0.717, 1.165) is 24.9 Å². The Morgan fingerprint density at radius 2 is 1.63 bits per heavy atom. The van der Waals surface area contributed by atoms with Crippen molar-refractivity contribution in [2.24, 2.45) is 17.8 Å². The minimum Gasteiger partial charge on any atom is -0.377 e. The summed E-state index contributed by atoms with van der Waals surface area (Å²) in [6, 6.07) is 17.6. The van der Waals surface area contributed by atoms with Gasteiger partial charge in [0, 0.05) is 11.3 Å². The fourth-order valence-electron chi connectivity index (χ4n) is 5.81. The molecule has 2 aromatic carbocycles. The lowest BCUT2D eigenvalue weighted by Gasteiger charge is -2.34. The van der Waals surface area contributed by atoms with Crippen molar-refractivity contribution in [3.63, 3.8) is 0 Å². The van der Waals surface area contributed by atoms with Crippen LogP contribution in [0.2, 0.25) is 0 Å². The van der Waals surface area contributed by atoms with Gasteiger partial charge in [-0.1, -0.05) is 42.0 Å². The van der Waals surface area contributed by atoms with E-state index >= 15 is 0 Å². The van der Waals surface area contributed by atoms with Gasteiger partial charge in [-0.25, -0.2) is 4.90 Å². The number of carbonyl (C=O) groups is 2. The van der Waals surface area contributed by atoms with Crippen LogP contribution in [0.5, 0.6) is 0 Å². The second-order valence-electron chi connectivity index (χ2n) is 8.00. The van der Waals surface area contributed by atoms with Gasteiger partial charge in [-0.3, -0.25) is 9.59 Å². The van der Waals surface area contributed by atoms with E-state index in [1.54, 1.807) is 0 Å². The van der Waals surface area contributed by atoms with Gasteiger partial charge in [0.15, 0.2) is 0 Å². The van der Waals surface area contributed by atoms with Crippen LogP contribution >= 0.6 is 0 Å². The lowest BCUT2D eigenvalue weighted by atomic mass is 9.68. The Labute approximate surface area is 157 Å². The third-order valence-electron chi connectivity index (χ3n) is 6.80. The second-order valence-corrected chi connectivity index (χ2v) is 8.00. The predicted molar refractivity (Wildman–Crippen MR) is 104 cm³/mol. The van der Waals surface area contributed by atoms with E-state index < -0.39 is 0 Å². The molecule has 1 saturated heterocycles. The number of anilines is 2. The number of fused-ring (bicyclic) bond motifs is 7. The number of imide groups is 1. The van der Waals surface area contributed by atoms with Crippen LogP contribution in [0.3, 0.4) is 0 Å². The van der Waals surface area contributed by atoms with Crippen LogP contribution in [0.4, 0.5) is 11.4 Å². The third-order valence-corrected chi connectivity index (χ3v) is 6.80. The molecule has 4 nitrogen and oxygen atoms in total. The number of nitrogens with one attached hydrogen (secondary N) is 1. The lowest BCUT2D eigenvalue weighted by molar-refractivity contribution is -0.122. The molecule has 2 aliphatic carbocycles. The van der Waals surface area contributed by atoms with Crippen LogP contribution in [0.25, 0.3) is 5.57 Å². The monoisotopic (exact) mass is 356 g/mol. The molecule has 1 N–H and O–H groups in total. The summed E-state index contributed by atoms with van der Waals surface area (Å²) in [6.07, 6.45) is 3.16. The Morgan fingerprint density at radius 3 is 2.48 bits per heavy atom. The highest BCUT2D eigenvalue weighted by Gasteiger charge is 2.60. The number of benzene rings is 2. The molecule has 0 aromatic heterocycles. The number of hydrogen-bond acceptors (Lipinski definition) is 3. The fourth-order valence-corrected chi connectivity index (χ4v) is 5.81. The molecule has 4 heteroatoms. The fraction of sp³-hybridized carbons (Fsp3) is 0.304. The van der Waals surface area contributed by atoms with Gasteiger partial charge in [-0.05, 0) is 49.0 Å². The molecule has 134 valence electrons. The lowest BCUT2D eigenvalue weighted by Crippen LogP contribution is -2.41. The summed E-state index contributed by atoms with van der Waals surface area (Å²) >= 11 is 0. The van der Waals surface area contributed by atoms with Gasteiger partial charge < -0.3 is 5.32 Å². The average Bonchev–Trinajstić information content (AvgIpc) is 3.37. The molecular weight excluding hydrogens is 336 g/mol. The molecule has 2 aliphatic heterocycles. The van der Waals surface area contributed by atoms with E-state index in [0.29, 0.717) is 5.69 Å². The molecular formula is C23H20N2O2. The van der Waals surface area contributed by atoms with Gasteiger partial charge in [-0.2, -0.15) is 0 Å². The molecule has 4 aliphatic rings. The Kier molecular flexibility index (Phi) is 2.99. The number of amides is 2. The first-order chi connectivity index (χ1) is 13.3. The van der Waals surface area contributed by atoms with Crippen molar-refractivity contribution < 1.29 is 9.59 Å². The van der Waals surface area contributed by atoms with Gasteiger partial charge in [0.1, 0.15) is 0 Å². The summed E-state index contributed by atoms with van der Waals surface area (Å²) in [7, 11) is 0. The number of nitrogens with zero attached hydrogens (tertiary/aromatic N) is 1. The standard InChI is InChI=1S/C23H20N2O2/c26-22-19-15-11-6-10-14(15)18-16-9-4-5-12-17(16)24-21(18)20(19)23(27)25(22)13-7-2-1-3-8-13/h1-5,7-9,12,15,19-21,24H,6,10-11H2/t15-,19-,20-,21?/m1/s1. The molecule has 27 heavy (non-hydrogen) atoms. The van der Waals surface area contributed by atoms with Crippen molar-refractivity contribution in [2.75, 3.05) is 10.2 Å². The molecule has 2 aromatic rings. The Bertz CT molecular complexity index is 1010. The molecule has 4 atom stereocenters. The van der Waals surface area contributed by atoms with Crippen LogP contribution in [0.1, 0.15) is 24.8 Å². The summed E-state index contributed by atoms with van der Waals surface area (Å²) in [4.78, 5) is 28.3. The Balaban J connectivity index is 1.52. The van der Waals surface area contributed by atoms with Crippen LogP contribution < -0.4 is 10.2 Å². The summed E-state index contributed by atoms with van der Waals surface area (Å²) < 4.78 is 0. The predicted octanol–water partition coefficient (Wildman–Crippen LogP) is 3.85. The summed E-state index contributed by atoms with van der Waals surface area (Å²) in [5.74, 6) is -0.403. The number of rotatable bonds is 1. The number of carbonyl (C=O) groups excluding carboxylic acids is 2. The molecule has 2 amide bonds. The maximum absolute atomic E-state index is 13.5. The highest BCUT2D eigenvalue weighted by Crippen LogP contribution is 2.57. The zero-order valence-corrected chi connectivity index (χ0v) is 14.9. The first kappa shape index (κ1) is 15.2.